The van der Waals surface area contributed by atoms with E-state index < -0.39 is 5.82 Å². The van der Waals surface area contributed by atoms with E-state index in [4.69, 9.17) is 9.47 Å². The molecule has 30 heavy (non-hydrogen) atoms. The van der Waals surface area contributed by atoms with Gasteiger partial charge in [-0.3, -0.25) is 0 Å². The van der Waals surface area contributed by atoms with Gasteiger partial charge in [-0.05, 0) is 49.6 Å². The fourth-order valence-corrected chi connectivity index (χ4v) is 3.20. The Kier molecular flexibility index (Phi) is 7.90. The first kappa shape index (κ1) is 21.9. The molecular weight excluding hydrogens is 385 g/mol. The van der Waals surface area contributed by atoms with Gasteiger partial charge in [0, 0.05) is 31.2 Å². The van der Waals surface area contributed by atoms with Crippen molar-refractivity contribution in [3.8, 4) is 11.5 Å². The zero-order chi connectivity index (χ0) is 21.3. The lowest BCUT2D eigenvalue weighted by Gasteiger charge is -2.17. The third-order valence-corrected chi connectivity index (χ3v) is 4.94. The van der Waals surface area contributed by atoms with Gasteiger partial charge in [-0.2, -0.15) is 0 Å². The summed E-state index contributed by atoms with van der Waals surface area (Å²) in [6.45, 7) is 7.80. The van der Waals surface area contributed by atoms with Gasteiger partial charge in [0.05, 0.1) is 19.8 Å². The normalized spacial score (nSPS) is 16.5. The molecule has 7 heteroatoms. The number of nitrogens with zero attached hydrogens (tertiary/aromatic N) is 1. The second kappa shape index (κ2) is 10.8. The second-order valence-electron chi connectivity index (χ2n) is 7.49. The summed E-state index contributed by atoms with van der Waals surface area (Å²) in [5.74, 6) is 0.932. The molecule has 0 radical (unpaired) electrons. The van der Waals surface area contributed by atoms with Crippen LogP contribution in [0, 0.1) is 18.7 Å². The van der Waals surface area contributed by atoms with Crippen LogP contribution in [0.4, 0.5) is 4.39 Å². The third-order valence-electron chi connectivity index (χ3n) is 4.94. The van der Waals surface area contributed by atoms with Gasteiger partial charge in [0.15, 0.2) is 17.5 Å². The summed E-state index contributed by atoms with van der Waals surface area (Å²) in [5, 5.41) is 15.8. The number of nitrogens with one attached hydrogen (secondary N) is 2. The molecule has 2 aromatic carbocycles. The van der Waals surface area contributed by atoms with Crippen molar-refractivity contribution in [2.24, 2.45) is 10.9 Å². The minimum Gasteiger partial charge on any atom is -0.505 e. The number of benzene rings is 2. The predicted molar refractivity (Wildman–Crippen MR) is 115 cm³/mol. The molecule has 0 spiro atoms. The fraction of sp³-hybridized carbons (Fsp3) is 0.435. The Morgan fingerprint density at radius 2 is 2.13 bits per heavy atom. The largest absolute Gasteiger partial charge is 0.505 e. The average molecular weight is 416 g/mol. The minimum atomic E-state index is -0.644. The van der Waals surface area contributed by atoms with Gasteiger partial charge in [-0.25, -0.2) is 9.38 Å². The van der Waals surface area contributed by atoms with Crippen molar-refractivity contribution in [2.45, 2.75) is 33.4 Å². The van der Waals surface area contributed by atoms with E-state index in [0.717, 1.165) is 36.5 Å². The molecule has 1 unspecified atom stereocenters. The lowest BCUT2D eigenvalue weighted by Crippen LogP contribution is -2.36. The van der Waals surface area contributed by atoms with Crippen molar-refractivity contribution in [1.82, 2.24) is 10.6 Å². The molecule has 1 aliphatic rings. The van der Waals surface area contributed by atoms with E-state index in [1.165, 1.54) is 12.1 Å². The monoisotopic (exact) mass is 415 g/mol. The van der Waals surface area contributed by atoms with E-state index in [-0.39, 0.29) is 5.75 Å². The van der Waals surface area contributed by atoms with Crippen molar-refractivity contribution in [2.75, 3.05) is 26.4 Å². The van der Waals surface area contributed by atoms with E-state index >= 15 is 0 Å². The van der Waals surface area contributed by atoms with E-state index in [0.29, 0.717) is 43.7 Å². The van der Waals surface area contributed by atoms with Crippen LogP contribution >= 0.6 is 0 Å². The zero-order valence-corrected chi connectivity index (χ0v) is 17.6. The van der Waals surface area contributed by atoms with Gasteiger partial charge in [-0.15, -0.1) is 0 Å². The highest BCUT2D eigenvalue weighted by Crippen LogP contribution is 2.23. The molecule has 0 aliphatic carbocycles. The summed E-state index contributed by atoms with van der Waals surface area (Å²) in [6.07, 6.45) is 1.04. The van der Waals surface area contributed by atoms with Gasteiger partial charge in [0.25, 0.3) is 0 Å². The number of ether oxygens (including phenoxy) is 2. The Bertz CT molecular complexity index is 867. The summed E-state index contributed by atoms with van der Waals surface area (Å²) < 4.78 is 25.1. The molecule has 1 atom stereocenters. The number of phenolic OH excluding ortho intramolecular Hbond substituents is 1. The molecule has 3 rings (SSSR count). The Balaban J connectivity index is 1.63. The molecule has 1 saturated heterocycles. The molecule has 0 saturated carbocycles. The standard InChI is InChI=1S/C23H30FN3O3/c1-3-25-23(26-12-17-5-7-21(28)20(24)11-17)27-13-19-6-4-16(2)10-22(19)30-15-18-8-9-29-14-18/h4-7,10-11,18,28H,3,8-9,12-15H2,1-2H3,(H2,25,26,27). The van der Waals surface area contributed by atoms with E-state index in [9.17, 15) is 9.50 Å². The summed E-state index contributed by atoms with van der Waals surface area (Å²) in [5.41, 5.74) is 2.87. The Morgan fingerprint density at radius 3 is 2.87 bits per heavy atom. The second-order valence-corrected chi connectivity index (χ2v) is 7.49. The number of hydrogen-bond acceptors (Lipinski definition) is 4. The fourth-order valence-electron chi connectivity index (χ4n) is 3.20. The molecule has 2 aromatic rings. The number of halogens is 1. The highest BCUT2D eigenvalue weighted by molar-refractivity contribution is 5.79. The first-order valence-corrected chi connectivity index (χ1v) is 10.3. The van der Waals surface area contributed by atoms with Crippen molar-refractivity contribution in [3.63, 3.8) is 0 Å². The van der Waals surface area contributed by atoms with Crippen molar-refractivity contribution < 1.29 is 19.0 Å². The predicted octanol–water partition coefficient (Wildman–Crippen LogP) is 3.51. The number of rotatable bonds is 8. The molecule has 1 heterocycles. The van der Waals surface area contributed by atoms with Crippen LogP contribution in [0.25, 0.3) is 0 Å². The number of hydrogen-bond donors (Lipinski definition) is 3. The maximum Gasteiger partial charge on any atom is 0.191 e. The number of guanidine groups is 1. The maximum absolute atomic E-state index is 13.5. The molecule has 1 aliphatic heterocycles. The first-order valence-electron chi connectivity index (χ1n) is 10.3. The number of aliphatic imine (C=N–C) groups is 1. The van der Waals surface area contributed by atoms with Crippen molar-refractivity contribution in [1.29, 1.82) is 0 Å². The van der Waals surface area contributed by atoms with Gasteiger partial charge in [-0.1, -0.05) is 18.2 Å². The lowest BCUT2D eigenvalue weighted by molar-refractivity contribution is 0.166. The quantitative estimate of drug-likeness (QED) is 0.454. The van der Waals surface area contributed by atoms with Crippen LogP contribution in [0.15, 0.2) is 41.4 Å². The van der Waals surface area contributed by atoms with Gasteiger partial charge in [0.2, 0.25) is 0 Å². The van der Waals surface area contributed by atoms with Gasteiger partial charge < -0.3 is 25.2 Å². The molecular formula is C23H30FN3O3. The molecule has 162 valence electrons. The molecule has 1 fully saturated rings. The SMILES string of the molecule is CCNC(=NCc1ccc(O)c(F)c1)NCc1ccc(C)cc1OCC1CCOC1. The van der Waals surface area contributed by atoms with Crippen LogP contribution in [-0.4, -0.2) is 37.4 Å². The third kappa shape index (κ3) is 6.35. The molecule has 6 nitrogen and oxygen atoms in total. The van der Waals surface area contributed by atoms with Crippen LogP contribution in [-0.2, 0) is 17.8 Å². The number of aryl methyl sites for hydroxylation is 1. The Labute approximate surface area is 177 Å². The van der Waals surface area contributed by atoms with Gasteiger partial charge >= 0.3 is 0 Å². The summed E-state index contributed by atoms with van der Waals surface area (Å²) in [7, 11) is 0. The molecule has 0 bridgehead atoms. The highest BCUT2D eigenvalue weighted by Gasteiger charge is 2.17. The summed E-state index contributed by atoms with van der Waals surface area (Å²) >= 11 is 0. The van der Waals surface area contributed by atoms with E-state index in [2.05, 4.69) is 33.8 Å². The minimum absolute atomic E-state index is 0.297. The topological polar surface area (TPSA) is 75.1 Å². The van der Waals surface area contributed by atoms with Crippen LogP contribution < -0.4 is 15.4 Å². The van der Waals surface area contributed by atoms with Gasteiger partial charge in [0.1, 0.15) is 5.75 Å². The smallest absolute Gasteiger partial charge is 0.191 e. The van der Waals surface area contributed by atoms with Crippen LogP contribution in [0.3, 0.4) is 0 Å². The lowest BCUT2D eigenvalue weighted by atomic mass is 10.1. The average Bonchev–Trinajstić information content (AvgIpc) is 3.25. The molecule has 3 N–H and O–H groups in total. The number of aromatic hydroxyl groups is 1. The van der Waals surface area contributed by atoms with Crippen LogP contribution in [0.5, 0.6) is 11.5 Å². The molecule has 0 aromatic heterocycles. The Morgan fingerprint density at radius 1 is 1.27 bits per heavy atom. The number of phenols is 1. The van der Waals surface area contributed by atoms with Crippen molar-refractivity contribution in [3.05, 3.63) is 58.9 Å². The Hall–Kier alpha value is -2.80. The van der Waals surface area contributed by atoms with E-state index in [1.807, 2.05) is 13.8 Å². The van der Waals surface area contributed by atoms with Crippen molar-refractivity contribution >= 4 is 5.96 Å². The first-order chi connectivity index (χ1) is 14.5. The van der Waals surface area contributed by atoms with E-state index in [1.54, 1.807) is 6.07 Å². The van der Waals surface area contributed by atoms with Crippen LogP contribution in [0.1, 0.15) is 30.0 Å². The summed E-state index contributed by atoms with van der Waals surface area (Å²) in [4.78, 5) is 4.51. The highest BCUT2D eigenvalue weighted by atomic mass is 19.1. The van der Waals surface area contributed by atoms with Crippen LogP contribution in [0.2, 0.25) is 0 Å². The molecule has 0 amide bonds. The summed E-state index contributed by atoms with van der Waals surface area (Å²) in [6, 6.07) is 10.5. The zero-order valence-electron chi connectivity index (χ0n) is 17.6. The maximum atomic E-state index is 13.5.